The van der Waals surface area contributed by atoms with E-state index in [1.807, 2.05) is 27.7 Å². The molecule has 16 heavy (non-hydrogen) atoms. The van der Waals surface area contributed by atoms with Gasteiger partial charge in [0.25, 0.3) is 0 Å². The van der Waals surface area contributed by atoms with Gasteiger partial charge in [-0.25, -0.2) is 4.79 Å². The van der Waals surface area contributed by atoms with E-state index < -0.39 is 11.1 Å². The molecule has 0 aromatic carbocycles. The van der Waals surface area contributed by atoms with Crippen molar-refractivity contribution in [3.8, 4) is 0 Å². The van der Waals surface area contributed by atoms with Crippen molar-refractivity contribution < 1.29 is 14.7 Å². The predicted molar refractivity (Wildman–Crippen MR) is 61.2 cm³/mol. The maximum Gasteiger partial charge on any atom is 0.329 e. The lowest BCUT2D eigenvalue weighted by Gasteiger charge is -2.49. The van der Waals surface area contributed by atoms with Gasteiger partial charge in [0.15, 0.2) is 0 Å². The summed E-state index contributed by atoms with van der Waals surface area (Å²) in [5, 5.41) is 11.5. The zero-order chi connectivity index (χ0) is 12.4. The summed E-state index contributed by atoms with van der Waals surface area (Å²) in [7, 11) is 0. The van der Waals surface area contributed by atoms with Gasteiger partial charge in [-0.2, -0.15) is 5.06 Å². The molecule has 0 amide bonds. The number of ether oxygens (including phenoxy) is 1. The molecule has 0 atom stereocenters. The molecule has 0 aliphatic carbocycles. The lowest BCUT2D eigenvalue weighted by atomic mass is 9.83. The van der Waals surface area contributed by atoms with E-state index in [2.05, 4.69) is 0 Å². The van der Waals surface area contributed by atoms with E-state index in [1.54, 1.807) is 0 Å². The Morgan fingerprint density at radius 2 is 1.81 bits per heavy atom. The first-order chi connectivity index (χ1) is 7.40. The van der Waals surface area contributed by atoms with Gasteiger partial charge in [-0.05, 0) is 26.7 Å². The van der Waals surface area contributed by atoms with Crippen molar-refractivity contribution in [3.05, 3.63) is 0 Å². The second-order valence-corrected chi connectivity index (χ2v) is 5.23. The van der Waals surface area contributed by atoms with Gasteiger partial charge in [0.05, 0.1) is 5.54 Å². The zero-order valence-corrected chi connectivity index (χ0v) is 10.7. The number of hydrogen-bond donors (Lipinski definition) is 1. The van der Waals surface area contributed by atoms with E-state index in [4.69, 9.17) is 4.74 Å². The molecule has 1 saturated heterocycles. The van der Waals surface area contributed by atoms with E-state index in [1.165, 1.54) is 5.06 Å². The first-order valence-electron chi connectivity index (χ1n) is 6.07. The molecular weight excluding hydrogens is 206 g/mol. The lowest BCUT2D eigenvalue weighted by molar-refractivity contribution is -0.275. The highest BCUT2D eigenvalue weighted by Crippen LogP contribution is 2.36. The number of carbonyl (C=O) groups excluding carboxylic acids is 1. The number of morpholine rings is 1. The third-order valence-corrected chi connectivity index (χ3v) is 3.24. The number of esters is 1. The smallest absolute Gasteiger partial charge is 0.329 e. The fourth-order valence-electron chi connectivity index (χ4n) is 2.47. The minimum Gasteiger partial charge on any atom is -0.462 e. The Hall–Kier alpha value is -0.610. The van der Waals surface area contributed by atoms with Crippen LogP contribution in [-0.2, 0) is 9.53 Å². The van der Waals surface area contributed by atoms with Crippen molar-refractivity contribution in [2.24, 2.45) is 0 Å². The van der Waals surface area contributed by atoms with Gasteiger partial charge in [0.1, 0.15) is 12.1 Å². The largest absolute Gasteiger partial charge is 0.462 e. The molecule has 0 radical (unpaired) electrons. The van der Waals surface area contributed by atoms with E-state index in [9.17, 15) is 10.0 Å². The number of hydrogen-bond acceptors (Lipinski definition) is 4. The first kappa shape index (κ1) is 13.5. The summed E-state index contributed by atoms with van der Waals surface area (Å²) in [6.07, 6.45) is 2.98. The Labute approximate surface area is 97.5 Å². The van der Waals surface area contributed by atoms with E-state index in [0.717, 1.165) is 12.8 Å². The summed E-state index contributed by atoms with van der Waals surface area (Å²) in [5.41, 5.74) is -1.34. The van der Waals surface area contributed by atoms with Crippen LogP contribution in [0.25, 0.3) is 0 Å². The van der Waals surface area contributed by atoms with Crippen molar-refractivity contribution in [3.63, 3.8) is 0 Å². The average Bonchev–Trinajstić information content (AvgIpc) is 2.22. The third-order valence-electron chi connectivity index (χ3n) is 3.24. The SMILES string of the molecule is CCCC1(CCC)C(=O)OCC(C)(C)N1O. The number of nitrogens with zero attached hydrogens (tertiary/aromatic N) is 1. The molecule has 0 unspecified atom stereocenters. The molecule has 4 nitrogen and oxygen atoms in total. The highest BCUT2D eigenvalue weighted by molar-refractivity contribution is 5.81. The molecule has 0 aromatic rings. The Balaban J connectivity index is 3.04. The highest BCUT2D eigenvalue weighted by atomic mass is 16.6. The van der Waals surface area contributed by atoms with Crippen LogP contribution in [0.5, 0.6) is 0 Å². The Morgan fingerprint density at radius 1 is 1.31 bits per heavy atom. The number of rotatable bonds is 4. The highest BCUT2D eigenvalue weighted by Gasteiger charge is 2.53. The summed E-state index contributed by atoms with van der Waals surface area (Å²) in [4.78, 5) is 12.0. The minimum atomic E-state index is -0.842. The average molecular weight is 229 g/mol. The molecule has 1 N–H and O–H groups in total. The van der Waals surface area contributed by atoms with Crippen molar-refractivity contribution >= 4 is 5.97 Å². The molecule has 1 rings (SSSR count). The van der Waals surface area contributed by atoms with Crippen molar-refractivity contribution in [2.75, 3.05) is 6.61 Å². The second-order valence-electron chi connectivity index (χ2n) is 5.23. The molecule has 0 saturated carbocycles. The predicted octanol–water partition coefficient (Wildman–Crippen LogP) is 2.35. The summed E-state index contributed by atoms with van der Waals surface area (Å²) < 4.78 is 5.24. The Morgan fingerprint density at radius 3 is 2.25 bits per heavy atom. The van der Waals surface area contributed by atoms with Crippen molar-refractivity contribution in [1.29, 1.82) is 0 Å². The molecule has 1 fully saturated rings. The van der Waals surface area contributed by atoms with Gasteiger partial charge in [-0.1, -0.05) is 26.7 Å². The molecule has 4 heteroatoms. The third kappa shape index (κ3) is 2.09. The van der Waals surface area contributed by atoms with Crippen LogP contribution in [0.2, 0.25) is 0 Å². The summed E-state index contributed by atoms with van der Waals surface area (Å²) in [6.45, 7) is 8.05. The van der Waals surface area contributed by atoms with Crippen LogP contribution in [0.4, 0.5) is 0 Å². The fourth-order valence-corrected chi connectivity index (χ4v) is 2.47. The van der Waals surface area contributed by atoms with E-state index >= 15 is 0 Å². The Kier molecular flexibility index (Phi) is 3.97. The molecule has 0 aromatic heterocycles. The normalized spacial score (nSPS) is 24.2. The van der Waals surface area contributed by atoms with Gasteiger partial charge in [0, 0.05) is 0 Å². The van der Waals surface area contributed by atoms with Crippen LogP contribution in [0.1, 0.15) is 53.4 Å². The molecule has 1 heterocycles. The molecule has 0 bridgehead atoms. The molecule has 94 valence electrons. The number of hydroxylamine groups is 2. The summed E-state index contributed by atoms with van der Waals surface area (Å²) in [6, 6.07) is 0. The quantitative estimate of drug-likeness (QED) is 0.752. The Bertz CT molecular complexity index is 257. The van der Waals surface area contributed by atoms with Crippen LogP contribution in [0, 0.1) is 0 Å². The van der Waals surface area contributed by atoms with Gasteiger partial charge < -0.3 is 9.94 Å². The standard InChI is InChI=1S/C12H23NO3/c1-5-7-12(8-6-2)10(14)16-9-11(3,4)13(12)15/h15H,5-9H2,1-4H3. The van der Waals surface area contributed by atoms with Gasteiger partial charge in [-0.3, -0.25) is 0 Å². The van der Waals surface area contributed by atoms with Gasteiger partial charge >= 0.3 is 5.97 Å². The van der Waals surface area contributed by atoms with Crippen molar-refractivity contribution in [1.82, 2.24) is 5.06 Å². The van der Waals surface area contributed by atoms with Crippen LogP contribution in [0.3, 0.4) is 0 Å². The summed E-state index contributed by atoms with van der Waals surface area (Å²) in [5.74, 6) is -0.280. The van der Waals surface area contributed by atoms with E-state index in [0.29, 0.717) is 12.8 Å². The maximum atomic E-state index is 12.0. The molecule has 1 aliphatic rings. The van der Waals surface area contributed by atoms with Gasteiger partial charge in [-0.15, -0.1) is 0 Å². The van der Waals surface area contributed by atoms with E-state index in [-0.39, 0.29) is 12.6 Å². The van der Waals surface area contributed by atoms with Gasteiger partial charge in [0.2, 0.25) is 0 Å². The lowest BCUT2D eigenvalue weighted by Crippen LogP contribution is -2.67. The topological polar surface area (TPSA) is 49.8 Å². The number of carbonyl (C=O) groups is 1. The van der Waals surface area contributed by atoms with Crippen LogP contribution in [-0.4, -0.2) is 33.9 Å². The fraction of sp³-hybridized carbons (Fsp3) is 0.917. The molecule has 1 aliphatic heterocycles. The number of cyclic esters (lactones) is 1. The monoisotopic (exact) mass is 229 g/mol. The maximum absolute atomic E-state index is 12.0. The zero-order valence-electron chi connectivity index (χ0n) is 10.7. The second kappa shape index (κ2) is 4.72. The van der Waals surface area contributed by atoms with Crippen LogP contribution < -0.4 is 0 Å². The molecular formula is C12H23NO3. The minimum absolute atomic E-state index is 0.248. The van der Waals surface area contributed by atoms with Crippen LogP contribution >= 0.6 is 0 Å². The molecule has 0 spiro atoms. The first-order valence-corrected chi connectivity index (χ1v) is 6.07. The summed E-state index contributed by atoms with van der Waals surface area (Å²) >= 11 is 0. The van der Waals surface area contributed by atoms with Crippen molar-refractivity contribution in [2.45, 2.75) is 64.5 Å². The van der Waals surface area contributed by atoms with Crippen LogP contribution in [0.15, 0.2) is 0 Å².